The summed E-state index contributed by atoms with van der Waals surface area (Å²) in [5, 5.41) is 5.16. The lowest BCUT2D eigenvalue weighted by Crippen LogP contribution is -2.17. The Balaban J connectivity index is 1.43. The highest BCUT2D eigenvalue weighted by molar-refractivity contribution is 7.18. The molecule has 0 aliphatic heterocycles. The number of aromatic nitrogens is 3. The summed E-state index contributed by atoms with van der Waals surface area (Å²) < 4.78 is 6.54. The number of nitrogens with zero attached hydrogens (tertiary/aromatic N) is 4. The van der Waals surface area contributed by atoms with E-state index >= 15 is 0 Å². The standard InChI is InChI=1S/C15H16N4OS/c1-19(8-13-17-15(18-20-13)10-6-7-10)9-14-16-11-4-2-3-5-12(11)21-14/h2-5,10H,6-9H2,1H3. The van der Waals surface area contributed by atoms with Gasteiger partial charge >= 0.3 is 0 Å². The highest BCUT2D eigenvalue weighted by atomic mass is 32.1. The van der Waals surface area contributed by atoms with Crippen LogP contribution >= 0.6 is 11.3 Å². The van der Waals surface area contributed by atoms with Crippen molar-refractivity contribution in [3.63, 3.8) is 0 Å². The van der Waals surface area contributed by atoms with Gasteiger partial charge in [0, 0.05) is 5.92 Å². The largest absolute Gasteiger partial charge is 0.338 e. The monoisotopic (exact) mass is 300 g/mol. The van der Waals surface area contributed by atoms with E-state index in [-0.39, 0.29) is 0 Å². The van der Waals surface area contributed by atoms with Crippen LogP contribution in [-0.4, -0.2) is 27.1 Å². The molecule has 0 atom stereocenters. The zero-order valence-corrected chi connectivity index (χ0v) is 12.6. The Hall–Kier alpha value is -1.79. The summed E-state index contributed by atoms with van der Waals surface area (Å²) in [6.07, 6.45) is 2.39. The molecule has 2 heterocycles. The van der Waals surface area contributed by atoms with Crippen molar-refractivity contribution >= 4 is 21.6 Å². The molecule has 1 aliphatic carbocycles. The molecule has 1 fully saturated rings. The molecule has 4 rings (SSSR count). The maximum Gasteiger partial charge on any atom is 0.240 e. The van der Waals surface area contributed by atoms with Crippen LogP contribution in [0.15, 0.2) is 28.8 Å². The Morgan fingerprint density at radius 2 is 2.10 bits per heavy atom. The third-order valence-electron chi connectivity index (χ3n) is 3.57. The highest BCUT2D eigenvalue weighted by Crippen LogP contribution is 2.38. The minimum absolute atomic E-state index is 0.539. The quantitative estimate of drug-likeness (QED) is 0.724. The molecular weight excluding hydrogens is 284 g/mol. The van der Waals surface area contributed by atoms with Gasteiger partial charge in [-0.05, 0) is 32.0 Å². The Kier molecular flexibility index (Phi) is 3.20. The molecule has 0 bridgehead atoms. The average Bonchev–Trinajstić information content (AvgIpc) is 3.08. The molecule has 3 aromatic rings. The summed E-state index contributed by atoms with van der Waals surface area (Å²) in [4.78, 5) is 11.3. The van der Waals surface area contributed by atoms with Gasteiger partial charge in [0.15, 0.2) is 5.82 Å². The molecule has 0 saturated heterocycles. The Morgan fingerprint density at radius 3 is 2.90 bits per heavy atom. The van der Waals surface area contributed by atoms with Gasteiger partial charge in [0.25, 0.3) is 0 Å². The van der Waals surface area contributed by atoms with Crippen LogP contribution in [-0.2, 0) is 13.1 Å². The first-order chi connectivity index (χ1) is 10.3. The van der Waals surface area contributed by atoms with Crippen LogP contribution in [0.1, 0.15) is 35.5 Å². The Labute approximate surface area is 126 Å². The van der Waals surface area contributed by atoms with Crippen LogP contribution in [0.2, 0.25) is 0 Å². The van der Waals surface area contributed by atoms with Crippen LogP contribution in [0.5, 0.6) is 0 Å². The molecule has 0 spiro atoms. The molecule has 108 valence electrons. The molecular formula is C15H16N4OS. The van der Waals surface area contributed by atoms with E-state index in [1.165, 1.54) is 17.5 Å². The van der Waals surface area contributed by atoms with Crippen LogP contribution in [0.4, 0.5) is 0 Å². The second-order valence-electron chi connectivity index (χ2n) is 5.57. The predicted molar refractivity (Wildman–Crippen MR) is 81.1 cm³/mol. The topological polar surface area (TPSA) is 55.1 Å². The van der Waals surface area contributed by atoms with E-state index in [1.807, 2.05) is 19.2 Å². The fourth-order valence-electron chi connectivity index (χ4n) is 2.34. The molecule has 1 aliphatic rings. The summed E-state index contributed by atoms with van der Waals surface area (Å²) >= 11 is 1.74. The van der Waals surface area contributed by atoms with E-state index < -0.39 is 0 Å². The van der Waals surface area contributed by atoms with E-state index in [1.54, 1.807) is 11.3 Å². The lowest BCUT2D eigenvalue weighted by atomic mass is 10.3. The number of fused-ring (bicyclic) bond motifs is 1. The van der Waals surface area contributed by atoms with Gasteiger partial charge in [-0.1, -0.05) is 17.3 Å². The third-order valence-corrected chi connectivity index (χ3v) is 4.60. The Bertz CT molecular complexity index is 729. The number of rotatable bonds is 5. The minimum atomic E-state index is 0.539. The number of para-hydroxylation sites is 1. The number of hydrogen-bond donors (Lipinski definition) is 0. The number of benzene rings is 1. The first kappa shape index (κ1) is 12.9. The van der Waals surface area contributed by atoms with Crippen molar-refractivity contribution in [1.82, 2.24) is 20.0 Å². The maximum atomic E-state index is 5.31. The Morgan fingerprint density at radius 1 is 1.24 bits per heavy atom. The van der Waals surface area contributed by atoms with Crippen LogP contribution in [0.25, 0.3) is 10.2 Å². The summed E-state index contributed by atoms with van der Waals surface area (Å²) in [6.45, 7) is 1.45. The number of thiazole rings is 1. The van der Waals surface area contributed by atoms with Crippen molar-refractivity contribution < 1.29 is 4.52 Å². The molecule has 0 amide bonds. The van der Waals surface area contributed by atoms with E-state index in [0.29, 0.717) is 18.4 Å². The van der Waals surface area contributed by atoms with Crippen molar-refractivity contribution in [3.05, 3.63) is 41.0 Å². The van der Waals surface area contributed by atoms with Crippen molar-refractivity contribution in [2.45, 2.75) is 31.8 Å². The molecule has 5 nitrogen and oxygen atoms in total. The molecule has 1 aromatic carbocycles. The molecule has 0 unspecified atom stereocenters. The summed E-state index contributed by atoms with van der Waals surface area (Å²) in [5.41, 5.74) is 1.07. The molecule has 1 saturated carbocycles. The first-order valence-corrected chi connectivity index (χ1v) is 7.95. The van der Waals surface area contributed by atoms with E-state index in [2.05, 4.69) is 32.2 Å². The van der Waals surface area contributed by atoms with E-state index in [0.717, 1.165) is 22.9 Å². The molecule has 0 radical (unpaired) electrons. The van der Waals surface area contributed by atoms with Crippen LogP contribution in [0, 0.1) is 0 Å². The van der Waals surface area contributed by atoms with Crippen molar-refractivity contribution in [2.75, 3.05) is 7.05 Å². The van der Waals surface area contributed by atoms with E-state index in [4.69, 9.17) is 4.52 Å². The average molecular weight is 300 g/mol. The highest BCUT2D eigenvalue weighted by Gasteiger charge is 2.28. The smallest absolute Gasteiger partial charge is 0.240 e. The molecule has 21 heavy (non-hydrogen) atoms. The second-order valence-corrected chi connectivity index (χ2v) is 6.68. The second kappa shape index (κ2) is 5.20. The molecule has 6 heteroatoms. The van der Waals surface area contributed by atoms with Crippen molar-refractivity contribution in [3.8, 4) is 0 Å². The summed E-state index contributed by atoms with van der Waals surface area (Å²) in [5.74, 6) is 2.11. The summed E-state index contributed by atoms with van der Waals surface area (Å²) in [6, 6.07) is 8.23. The lowest BCUT2D eigenvalue weighted by molar-refractivity contribution is 0.260. The van der Waals surface area contributed by atoms with Gasteiger partial charge < -0.3 is 4.52 Å². The van der Waals surface area contributed by atoms with Gasteiger partial charge in [-0.25, -0.2) is 4.98 Å². The zero-order chi connectivity index (χ0) is 14.2. The van der Waals surface area contributed by atoms with Crippen LogP contribution < -0.4 is 0 Å². The van der Waals surface area contributed by atoms with E-state index in [9.17, 15) is 0 Å². The SMILES string of the molecule is CN(Cc1nc(C2CC2)no1)Cc1nc2ccccc2s1. The molecule has 2 aromatic heterocycles. The summed E-state index contributed by atoms with van der Waals surface area (Å²) in [7, 11) is 2.05. The van der Waals surface area contributed by atoms with Gasteiger partial charge in [-0.15, -0.1) is 11.3 Å². The van der Waals surface area contributed by atoms with Crippen molar-refractivity contribution in [1.29, 1.82) is 0 Å². The lowest BCUT2D eigenvalue weighted by Gasteiger charge is -2.11. The van der Waals surface area contributed by atoms with Gasteiger partial charge in [-0.3, -0.25) is 4.90 Å². The van der Waals surface area contributed by atoms with Crippen molar-refractivity contribution in [2.24, 2.45) is 0 Å². The number of hydrogen-bond acceptors (Lipinski definition) is 6. The van der Waals surface area contributed by atoms with Gasteiger partial charge in [0.2, 0.25) is 5.89 Å². The van der Waals surface area contributed by atoms with Gasteiger partial charge in [0.1, 0.15) is 5.01 Å². The fraction of sp³-hybridized carbons (Fsp3) is 0.400. The zero-order valence-electron chi connectivity index (χ0n) is 11.8. The van der Waals surface area contributed by atoms with Gasteiger partial charge in [-0.2, -0.15) is 4.98 Å². The first-order valence-electron chi connectivity index (χ1n) is 7.13. The third kappa shape index (κ3) is 2.82. The fourth-order valence-corrected chi connectivity index (χ4v) is 3.39. The van der Waals surface area contributed by atoms with Gasteiger partial charge in [0.05, 0.1) is 23.3 Å². The molecule has 0 N–H and O–H groups in total. The van der Waals surface area contributed by atoms with Crippen LogP contribution in [0.3, 0.4) is 0 Å². The minimum Gasteiger partial charge on any atom is -0.338 e. The predicted octanol–water partition coefficient (Wildman–Crippen LogP) is 3.19. The normalized spacial score (nSPS) is 15.1. The maximum absolute atomic E-state index is 5.31.